The van der Waals surface area contributed by atoms with Crippen molar-refractivity contribution in [2.45, 2.75) is 6.92 Å². The summed E-state index contributed by atoms with van der Waals surface area (Å²) < 4.78 is 4.96. The number of carbonyl (C=O) groups excluding carboxylic acids is 1. The van der Waals surface area contributed by atoms with Crippen molar-refractivity contribution in [3.8, 4) is 6.07 Å². The molecule has 2 rings (SSSR count). The molecule has 2 aromatic rings. The van der Waals surface area contributed by atoms with E-state index >= 15 is 0 Å². The third-order valence-electron chi connectivity index (χ3n) is 2.65. The van der Waals surface area contributed by atoms with E-state index in [-0.39, 0.29) is 5.97 Å². The molecule has 0 radical (unpaired) electrons. The van der Waals surface area contributed by atoms with Crippen LogP contribution < -0.4 is 5.32 Å². The lowest BCUT2D eigenvalue weighted by molar-refractivity contribution is 0.0526. The van der Waals surface area contributed by atoms with Gasteiger partial charge in [-0.15, -0.1) is 0 Å². The fraction of sp³-hybridized carbons (Fsp3) is 0.125. The summed E-state index contributed by atoms with van der Waals surface area (Å²) in [6.07, 6.45) is 0. The maximum Gasteiger partial charge on any atom is 0.338 e. The van der Waals surface area contributed by atoms with Gasteiger partial charge >= 0.3 is 5.97 Å². The van der Waals surface area contributed by atoms with Gasteiger partial charge in [-0.2, -0.15) is 5.26 Å². The zero-order chi connectivity index (χ0) is 14.4. The van der Waals surface area contributed by atoms with Gasteiger partial charge in [-0.3, -0.25) is 0 Å². The Morgan fingerprint density at radius 3 is 2.60 bits per heavy atom. The lowest BCUT2D eigenvalue weighted by Gasteiger charge is -2.08. The summed E-state index contributed by atoms with van der Waals surface area (Å²) in [4.78, 5) is 11.7. The molecule has 1 N–H and O–H groups in total. The summed E-state index contributed by atoms with van der Waals surface area (Å²) in [5, 5.41) is 12.0. The van der Waals surface area contributed by atoms with Crippen LogP contribution in [0.15, 0.2) is 48.5 Å². The molecule has 20 heavy (non-hydrogen) atoms. The fourth-order valence-electron chi connectivity index (χ4n) is 1.77. The van der Waals surface area contributed by atoms with Gasteiger partial charge in [0.25, 0.3) is 0 Å². The molecule has 0 spiro atoms. The minimum atomic E-state index is -0.345. The number of nitriles is 1. The van der Waals surface area contributed by atoms with Gasteiger partial charge in [0, 0.05) is 11.4 Å². The second kappa shape index (κ2) is 6.39. The van der Waals surface area contributed by atoms with Crippen LogP contribution in [-0.4, -0.2) is 12.6 Å². The first-order chi connectivity index (χ1) is 9.72. The van der Waals surface area contributed by atoms with Crippen LogP contribution in [0.4, 0.5) is 11.4 Å². The standard InChI is InChI=1S/C16H14N2O2/c1-2-20-16(19)13-6-4-8-15(10-13)18-14-7-3-5-12(9-14)11-17/h3-10,18H,2H2,1H3. The Bertz CT molecular complexity index is 660. The summed E-state index contributed by atoms with van der Waals surface area (Å²) in [7, 11) is 0. The Hall–Kier alpha value is -2.80. The Labute approximate surface area is 117 Å². The third kappa shape index (κ3) is 3.36. The van der Waals surface area contributed by atoms with Crippen molar-refractivity contribution in [2.24, 2.45) is 0 Å². The second-order valence-electron chi connectivity index (χ2n) is 4.12. The SMILES string of the molecule is CCOC(=O)c1cccc(Nc2cccc(C#N)c2)c1. The number of anilines is 2. The van der Waals surface area contributed by atoms with Crippen molar-refractivity contribution in [3.05, 3.63) is 59.7 Å². The van der Waals surface area contributed by atoms with Gasteiger partial charge < -0.3 is 10.1 Å². The van der Waals surface area contributed by atoms with Crippen molar-refractivity contribution >= 4 is 17.3 Å². The van der Waals surface area contributed by atoms with Gasteiger partial charge in [0.15, 0.2) is 0 Å². The molecule has 0 unspecified atom stereocenters. The molecule has 4 heteroatoms. The van der Waals surface area contributed by atoms with E-state index in [0.717, 1.165) is 11.4 Å². The van der Waals surface area contributed by atoms with Gasteiger partial charge in [0.2, 0.25) is 0 Å². The first kappa shape index (κ1) is 13.6. The molecule has 0 fully saturated rings. The molecule has 0 aliphatic carbocycles. The quantitative estimate of drug-likeness (QED) is 0.860. The summed E-state index contributed by atoms with van der Waals surface area (Å²) in [6.45, 7) is 2.12. The van der Waals surface area contributed by atoms with Gasteiger partial charge in [-0.25, -0.2) is 4.79 Å². The zero-order valence-electron chi connectivity index (χ0n) is 11.1. The number of nitrogens with zero attached hydrogens (tertiary/aromatic N) is 1. The van der Waals surface area contributed by atoms with E-state index < -0.39 is 0 Å². The molecule has 0 aromatic heterocycles. The molecule has 0 atom stereocenters. The van der Waals surface area contributed by atoms with Crippen molar-refractivity contribution in [1.29, 1.82) is 5.26 Å². The molecule has 0 saturated heterocycles. The maximum atomic E-state index is 11.7. The van der Waals surface area contributed by atoms with Crippen LogP contribution in [0.3, 0.4) is 0 Å². The molecular weight excluding hydrogens is 252 g/mol. The molecule has 100 valence electrons. The van der Waals surface area contributed by atoms with Gasteiger partial charge in [0.1, 0.15) is 0 Å². The third-order valence-corrected chi connectivity index (χ3v) is 2.65. The van der Waals surface area contributed by atoms with Gasteiger partial charge in [0.05, 0.1) is 23.8 Å². The fourth-order valence-corrected chi connectivity index (χ4v) is 1.77. The maximum absolute atomic E-state index is 11.7. The molecule has 0 heterocycles. The van der Waals surface area contributed by atoms with E-state index in [9.17, 15) is 4.79 Å². The van der Waals surface area contributed by atoms with E-state index in [2.05, 4.69) is 11.4 Å². The van der Waals surface area contributed by atoms with Gasteiger partial charge in [-0.05, 0) is 43.3 Å². The summed E-state index contributed by atoms with van der Waals surface area (Å²) in [5.74, 6) is -0.345. The molecule has 0 aliphatic rings. The van der Waals surface area contributed by atoms with Crippen LogP contribution in [0.25, 0.3) is 0 Å². The average Bonchev–Trinajstić information content (AvgIpc) is 2.48. The molecule has 0 saturated carbocycles. The van der Waals surface area contributed by atoms with Crippen molar-refractivity contribution in [1.82, 2.24) is 0 Å². The number of nitrogens with one attached hydrogen (secondary N) is 1. The number of hydrogen-bond acceptors (Lipinski definition) is 4. The summed E-state index contributed by atoms with van der Waals surface area (Å²) >= 11 is 0. The first-order valence-corrected chi connectivity index (χ1v) is 6.27. The number of hydrogen-bond donors (Lipinski definition) is 1. The molecule has 2 aromatic carbocycles. The Balaban J connectivity index is 2.19. The van der Waals surface area contributed by atoms with E-state index in [1.807, 2.05) is 12.1 Å². The molecular formula is C16H14N2O2. The van der Waals surface area contributed by atoms with Crippen LogP contribution >= 0.6 is 0 Å². The van der Waals surface area contributed by atoms with Crippen molar-refractivity contribution in [2.75, 3.05) is 11.9 Å². The monoisotopic (exact) mass is 266 g/mol. The Morgan fingerprint density at radius 2 is 1.90 bits per heavy atom. The van der Waals surface area contributed by atoms with E-state index in [1.165, 1.54) is 0 Å². The molecule has 0 amide bonds. The summed E-state index contributed by atoms with van der Waals surface area (Å²) in [6, 6.07) is 16.3. The van der Waals surface area contributed by atoms with Crippen LogP contribution in [0.5, 0.6) is 0 Å². The zero-order valence-corrected chi connectivity index (χ0v) is 11.1. The highest BCUT2D eigenvalue weighted by molar-refractivity contribution is 5.90. The van der Waals surface area contributed by atoms with Crippen molar-refractivity contribution in [3.63, 3.8) is 0 Å². The van der Waals surface area contributed by atoms with E-state index in [1.54, 1.807) is 43.3 Å². The predicted octanol–water partition coefficient (Wildman–Crippen LogP) is 3.48. The Morgan fingerprint density at radius 1 is 1.20 bits per heavy atom. The normalized spacial score (nSPS) is 9.60. The highest BCUT2D eigenvalue weighted by Crippen LogP contribution is 2.19. The molecule has 0 aliphatic heterocycles. The number of carbonyl (C=O) groups is 1. The minimum absolute atomic E-state index is 0.345. The lowest BCUT2D eigenvalue weighted by atomic mass is 10.2. The first-order valence-electron chi connectivity index (χ1n) is 6.27. The topological polar surface area (TPSA) is 62.1 Å². The van der Waals surface area contributed by atoms with E-state index in [4.69, 9.17) is 10.00 Å². The number of ether oxygens (including phenoxy) is 1. The molecule has 4 nitrogen and oxygen atoms in total. The Kier molecular flexibility index (Phi) is 4.35. The van der Waals surface area contributed by atoms with Crippen LogP contribution in [0, 0.1) is 11.3 Å². The minimum Gasteiger partial charge on any atom is -0.462 e. The lowest BCUT2D eigenvalue weighted by Crippen LogP contribution is -2.04. The highest BCUT2D eigenvalue weighted by atomic mass is 16.5. The highest BCUT2D eigenvalue weighted by Gasteiger charge is 2.06. The number of rotatable bonds is 4. The van der Waals surface area contributed by atoms with Crippen LogP contribution in [0.2, 0.25) is 0 Å². The average molecular weight is 266 g/mol. The second-order valence-corrected chi connectivity index (χ2v) is 4.12. The summed E-state index contributed by atoms with van der Waals surface area (Å²) in [5.41, 5.74) is 2.64. The van der Waals surface area contributed by atoms with Crippen LogP contribution in [-0.2, 0) is 4.74 Å². The van der Waals surface area contributed by atoms with Crippen LogP contribution in [0.1, 0.15) is 22.8 Å². The smallest absolute Gasteiger partial charge is 0.338 e. The van der Waals surface area contributed by atoms with Gasteiger partial charge in [-0.1, -0.05) is 12.1 Å². The molecule has 0 bridgehead atoms. The van der Waals surface area contributed by atoms with Crippen molar-refractivity contribution < 1.29 is 9.53 Å². The number of benzene rings is 2. The van der Waals surface area contributed by atoms with E-state index in [0.29, 0.717) is 17.7 Å². The predicted molar refractivity (Wildman–Crippen MR) is 76.8 cm³/mol. The largest absolute Gasteiger partial charge is 0.462 e. The number of esters is 1.